The fourth-order valence-corrected chi connectivity index (χ4v) is 3.06. The summed E-state index contributed by atoms with van der Waals surface area (Å²) in [6.45, 7) is 5.72. The van der Waals surface area contributed by atoms with Gasteiger partial charge in [0.25, 0.3) is 11.4 Å². The lowest BCUT2D eigenvalue weighted by atomic mass is 10.2. The Kier molecular flexibility index (Phi) is 16.2. The monoisotopic (exact) mass is 537 g/mol. The van der Waals surface area contributed by atoms with Crippen molar-refractivity contribution >= 4 is 17.1 Å². The summed E-state index contributed by atoms with van der Waals surface area (Å²) in [5.41, 5.74) is 0.631. The Balaban J connectivity index is 1.31. The van der Waals surface area contributed by atoms with Crippen LogP contribution in [0.15, 0.2) is 48.5 Å². The predicted molar refractivity (Wildman–Crippen MR) is 138 cm³/mol. The quantitative estimate of drug-likeness (QED) is 0.126. The molecule has 2 aromatic rings. The summed E-state index contributed by atoms with van der Waals surface area (Å²) in [7, 11) is 0. The highest BCUT2D eigenvalue weighted by Crippen LogP contribution is 2.28. The van der Waals surface area contributed by atoms with Crippen molar-refractivity contribution in [2.75, 3.05) is 84.5 Å². The third kappa shape index (κ3) is 13.9. The van der Waals surface area contributed by atoms with E-state index in [1.165, 1.54) is 12.1 Å². The van der Waals surface area contributed by atoms with Crippen molar-refractivity contribution in [3.63, 3.8) is 0 Å². The SMILES string of the molecule is O=[N+]([O-])c1ccc(NCCOCCOCCOCCOCCOCCOCc2ccccc2)c([N+](=O)[O-])c1. The summed E-state index contributed by atoms with van der Waals surface area (Å²) in [6, 6.07) is 13.4. The van der Waals surface area contributed by atoms with E-state index < -0.39 is 9.85 Å². The molecule has 0 spiro atoms. The van der Waals surface area contributed by atoms with Gasteiger partial charge in [-0.3, -0.25) is 20.2 Å². The number of nitrogens with one attached hydrogen (secondary N) is 1. The minimum absolute atomic E-state index is 0.193. The van der Waals surface area contributed by atoms with Crippen LogP contribution in [0, 0.1) is 20.2 Å². The van der Waals surface area contributed by atoms with E-state index >= 15 is 0 Å². The van der Waals surface area contributed by atoms with E-state index in [0.717, 1.165) is 11.6 Å². The van der Waals surface area contributed by atoms with Gasteiger partial charge in [-0.2, -0.15) is 0 Å². The Morgan fingerprint density at radius 1 is 0.605 bits per heavy atom. The standard InChI is InChI=1S/C25H35N3O10/c29-27(30)23-6-7-24(25(20-23)28(31)32)26-8-9-33-10-11-34-12-13-35-14-15-36-16-17-37-18-19-38-21-22-4-2-1-3-5-22/h1-7,20,26H,8-19,21H2. The largest absolute Gasteiger partial charge is 0.377 e. The first-order valence-corrected chi connectivity index (χ1v) is 12.2. The van der Waals surface area contributed by atoms with Crippen molar-refractivity contribution in [2.24, 2.45) is 0 Å². The van der Waals surface area contributed by atoms with Crippen LogP contribution in [-0.2, 0) is 35.0 Å². The number of hydrogen-bond donors (Lipinski definition) is 1. The summed E-state index contributed by atoms with van der Waals surface area (Å²) >= 11 is 0. The first-order valence-electron chi connectivity index (χ1n) is 12.2. The van der Waals surface area contributed by atoms with Crippen LogP contribution in [0.5, 0.6) is 0 Å². The second-order valence-corrected chi connectivity index (χ2v) is 7.74. The van der Waals surface area contributed by atoms with Crippen molar-refractivity contribution in [3.8, 4) is 0 Å². The first kappa shape index (κ1) is 31.0. The van der Waals surface area contributed by atoms with Crippen LogP contribution >= 0.6 is 0 Å². The predicted octanol–water partition coefficient (Wildman–Crippen LogP) is 3.21. The molecule has 0 aromatic heterocycles. The number of nitro groups is 2. The molecule has 0 bridgehead atoms. The number of nitro benzene ring substituents is 2. The number of rotatable bonds is 23. The third-order valence-corrected chi connectivity index (χ3v) is 4.92. The van der Waals surface area contributed by atoms with Gasteiger partial charge in [0, 0.05) is 12.6 Å². The average Bonchev–Trinajstić information content (AvgIpc) is 2.92. The molecule has 0 saturated carbocycles. The molecule has 13 heteroatoms. The first-order chi connectivity index (χ1) is 18.6. The lowest BCUT2D eigenvalue weighted by Crippen LogP contribution is -2.15. The van der Waals surface area contributed by atoms with Crippen molar-refractivity contribution in [1.82, 2.24) is 0 Å². The molecule has 0 heterocycles. The normalized spacial score (nSPS) is 10.9. The maximum absolute atomic E-state index is 11.1. The smallest absolute Gasteiger partial charge is 0.299 e. The van der Waals surface area contributed by atoms with Gasteiger partial charge >= 0.3 is 0 Å². The molecule has 13 nitrogen and oxygen atoms in total. The van der Waals surface area contributed by atoms with E-state index in [1.54, 1.807) is 0 Å². The Hall–Kier alpha value is -3.20. The molecular formula is C25H35N3O10. The highest BCUT2D eigenvalue weighted by molar-refractivity contribution is 5.65. The van der Waals surface area contributed by atoms with Crippen LogP contribution in [0.2, 0.25) is 0 Å². The number of benzene rings is 2. The van der Waals surface area contributed by atoms with Crippen LogP contribution in [0.3, 0.4) is 0 Å². The minimum atomic E-state index is -0.678. The number of nitrogens with zero attached hydrogens (tertiary/aromatic N) is 2. The highest BCUT2D eigenvalue weighted by atomic mass is 16.6. The van der Waals surface area contributed by atoms with E-state index in [1.807, 2.05) is 30.3 Å². The average molecular weight is 538 g/mol. The molecule has 1 N–H and O–H groups in total. The van der Waals surface area contributed by atoms with Crippen LogP contribution in [0.25, 0.3) is 0 Å². The van der Waals surface area contributed by atoms with Gasteiger partial charge in [0.2, 0.25) is 0 Å². The molecule has 0 radical (unpaired) electrons. The van der Waals surface area contributed by atoms with Gasteiger partial charge < -0.3 is 33.7 Å². The van der Waals surface area contributed by atoms with Crippen LogP contribution in [0.1, 0.15) is 5.56 Å². The van der Waals surface area contributed by atoms with E-state index in [-0.39, 0.29) is 23.7 Å². The summed E-state index contributed by atoms with van der Waals surface area (Å²) in [5, 5.41) is 24.7. The number of non-ortho nitro benzene ring substituents is 1. The molecule has 2 rings (SSSR count). The van der Waals surface area contributed by atoms with Crippen molar-refractivity contribution < 1.29 is 38.3 Å². The van der Waals surface area contributed by atoms with Crippen LogP contribution in [-0.4, -0.2) is 89.1 Å². The van der Waals surface area contributed by atoms with Crippen LogP contribution < -0.4 is 5.32 Å². The Labute approximate surface area is 221 Å². The zero-order valence-electron chi connectivity index (χ0n) is 21.3. The van der Waals surface area contributed by atoms with Gasteiger partial charge in [-0.25, -0.2) is 0 Å². The summed E-state index contributed by atoms with van der Waals surface area (Å²) in [6.07, 6.45) is 0. The van der Waals surface area contributed by atoms with Crippen LogP contribution in [0.4, 0.5) is 17.1 Å². The molecule has 0 fully saturated rings. The van der Waals surface area contributed by atoms with E-state index in [4.69, 9.17) is 28.4 Å². The third-order valence-electron chi connectivity index (χ3n) is 4.92. The molecule has 2 aromatic carbocycles. The Morgan fingerprint density at radius 2 is 1.11 bits per heavy atom. The van der Waals surface area contributed by atoms with E-state index in [9.17, 15) is 20.2 Å². The Morgan fingerprint density at radius 3 is 1.61 bits per heavy atom. The minimum Gasteiger partial charge on any atom is -0.377 e. The summed E-state index contributed by atoms with van der Waals surface area (Å²) in [4.78, 5) is 20.5. The fourth-order valence-electron chi connectivity index (χ4n) is 3.06. The van der Waals surface area contributed by atoms with Gasteiger partial charge in [-0.15, -0.1) is 0 Å². The van der Waals surface area contributed by atoms with Gasteiger partial charge in [0.05, 0.1) is 95.2 Å². The lowest BCUT2D eigenvalue weighted by molar-refractivity contribution is -0.393. The fraction of sp³-hybridized carbons (Fsp3) is 0.520. The van der Waals surface area contributed by atoms with Crippen molar-refractivity contribution in [1.29, 1.82) is 0 Å². The highest BCUT2D eigenvalue weighted by Gasteiger charge is 2.18. The lowest BCUT2D eigenvalue weighted by Gasteiger charge is -2.09. The van der Waals surface area contributed by atoms with Gasteiger partial charge in [-0.05, 0) is 11.6 Å². The molecule has 0 atom stereocenters. The maximum atomic E-state index is 11.1. The van der Waals surface area contributed by atoms with Gasteiger partial charge in [-0.1, -0.05) is 30.3 Å². The second-order valence-electron chi connectivity index (χ2n) is 7.74. The van der Waals surface area contributed by atoms with Crippen molar-refractivity contribution in [2.45, 2.75) is 6.61 Å². The van der Waals surface area contributed by atoms with E-state index in [2.05, 4.69) is 5.32 Å². The molecule has 0 aliphatic rings. The topological polar surface area (TPSA) is 154 Å². The molecule has 0 aliphatic carbocycles. The summed E-state index contributed by atoms with van der Waals surface area (Å²) in [5.74, 6) is 0. The Bertz CT molecular complexity index is 933. The summed E-state index contributed by atoms with van der Waals surface area (Å²) < 4.78 is 32.7. The molecule has 0 unspecified atom stereocenters. The molecular weight excluding hydrogens is 502 g/mol. The van der Waals surface area contributed by atoms with Gasteiger partial charge in [0.15, 0.2) is 0 Å². The molecule has 210 valence electrons. The van der Waals surface area contributed by atoms with E-state index in [0.29, 0.717) is 79.2 Å². The molecule has 38 heavy (non-hydrogen) atoms. The molecule has 0 aliphatic heterocycles. The number of anilines is 1. The zero-order valence-corrected chi connectivity index (χ0v) is 21.3. The molecule has 0 saturated heterocycles. The zero-order chi connectivity index (χ0) is 27.3. The second kappa shape index (κ2) is 19.9. The number of ether oxygens (including phenoxy) is 6. The molecule has 0 amide bonds. The number of hydrogen-bond acceptors (Lipinski definition) is 11. The van der Waals surface area contributed by atoms with Gasteiger partial charge in [0.1, 0.15) is 5.69 Å². The van der Waals surface area contributed by atoms with Crippen molar-refractivity contribution in [3.05, 3.63) is 74.3 Å². The maximum Gasteiger partial charge on any atom is 0.299 e.